The summed E-state index contributed by atoms with van der Waals surface area (Å²) in [6, 6.07) is 10.0. The highest BCUT2D eigenvalue weighted by Gasteiger charge is 2.22. The summed E-state index contributed by atoms with van der Waals surface area (Å²) >= 11 is 0. The van der Waals surface area contributed by atoms with Crippen molar-refractivity contribution in [2.75, 3.05) is 5.32 Å². The molecule has 1 atom stereocenters. The average Bonchev–Trinajstić information content (AvgIpc) is 2.50. The van der Waals surface area contributed by atoms with Crippen LogP contribution in [0.1, 0.15) is 45.9 Å². The molecule has 2 N–H and O–H groups in total. The summed E-state index contributed by atoms with van der Waals surface area (Å²) in [4.78, 5) is 11.6. The molecule has 114 valence electrons. The number of amides is 1. The standard InChI is InChI=1S/C19H21NO2/c1-11-5-4-6-15(9-11)19(22)16-10-14-7-8-17(21)20-18(14)13(3)12(16)2/h4-6,9-10,19,22H,7-8H2,1-3H3,(H,20,21). The maximum absolute atomic E-state index is 11.6. The van der Waals surface area contributed by atoms with Gasteiger partial charge in [-0.25, -0.2) is 0 Å². The van der Waals surface area contributed by atoms with Crippen molar-refractivity contribution >= 4 is 11.6 Å². The van der Waals surface area contributed by atoms with Gasteiger partial charge < -0.3 is 10.4 Å². The number of aliphatic hydroxyl groups is 1. The molecule has 1 aliphatic heterocycles. The number of benzene rings is 2. The van der Waals surface area contributed by atoms with Crippen LogP contribution in [0.5, 0.6) is 0 Å². The Hall–Kier alpha value is -2.13. The van der Waals surface area contributed by atoms with Gasteiger partial charge in [0.05, 0.1) is 0 Å². The first kappa shape index (κ1) is 14.8. The van der Waals surface area contributed by atoms with Crippen LogP contribution in [0.3, 0.4) is 0 Å². The van der Waals surface area contributed by atoms with Gasteiger partial charge in [0, 0.05) is 12.1 Å². The minimum absolute atomic E-state index is 0.0713. The van der Waals surface area contributed by atoms with Crippen molar-refractivity contribution in [1.29, 1.82) is 0 Å². The van der Waals surface area contributed by atoms with E-state index in [1.807, 2.05) is 51.1 Å². The van der Waals surface area contributed by atoms with Crippen LogP contribution < -0.4 is 5.32 Å². The number of anilines is 1. The van der Waals surface area contributed by atoms with Gasteiger partial charge in [-0.15, -0.1) is 0 Å². The van der Waals surface area contributed by atoms with Crippen molar-refractivity contribution < 1.29 is 9.90 Å². The highest BCUT2D eigenvalue weighted by atomic mass is 16.3. The lowest BCUT2D eigenvalue weighted by atomic mass is 9.88. The van der Waals surface area contributed by atoms with Gasteiger partial charge in [0.2, 0.25) is 5.91 Å². The summed E-state index contributed by atoms with van der Waals surface area (Å²) < 4.78 is 0. The van der Waals surface area contributed by atoms with Crippen molar-refractivity contribution in [1.82, 2.24) is 0 Å². The molecule has 2 aromatic carbocycles. The molecule has 0 bridgehead atoms. The highest BCUT2D eigenvalue weighted by Crippen LogP contribution is 2.35. The number of carbonyl (C=O) groups is 1. The zero-order chi connectivity index (χ0) is 15.9. The van der Waals surface area contributed by atoms with Crippen molar-refractivity contribution in [3.63, 3.8) is 0 Å². The van der Waals surface area contributed by atoms with E-state index in [0.717, 1.165) is 45.5 Å². The normalized spacial score (nSPS) is 15.2. The molecule has 0 saturated heterocycles. The topological polar surface area (TPSA) is 49.3 Å². The first-order valence-corrected chi connectivity index (χ1v) is 7.65. The molecule has 1 heterocycles. The lowest BCUT2D eigenvalue weighted by molar-refractivity contribution is -0.116. The van der Waals surface area contributed by atoms with E-state index in [9.17, 15) is 9.90 Å². The van der Waals surface area contributed by atoms with Gasteiger partial charge in [0.15, 0.2) is 0 Å². The number of carbonyl (C=O) groups excluding carboxylic acids is 1. The van der Waals surface area contributed by atoms with E-state index < -0.39 is 6.10 Å². The van der Waals surface area contributed by atoms with Gasteiger partial charge in [-0.3, -0.25) is 4.79 Å². The van der Waals surface area contributed by atoms with Crippen LogP contribution in [0.4, 0.5) is 5.69 Å². The van der Waals surface area contributed by atoms with Gasteiger partial charge in [0.1, 0.15) is 6.10 Å². The molecule has 1 unspecified atom stereocenters. The van der Waals surface area contributed by atoms with E-state index >= 15 is 0 Å². The molecule has 1 aliphatic rings. The summed E-state index contributed by atoms with van der Waals surface area (Å²) in [6.07, 6.45) is 0.604. The number of fused-ring (bicyclic) bond motifs is 1. The zero-order valence-corrected chi connectivity index (χ0v) is 13.2. The Balaban J connectivity index is 2.08. The van der Waals surface area contributed by atoms with Crippen LogP contribution in [-0.4, -0.2) is 11.0 Å². The Kier molecular flexibility index (Phi) is 3.75. The van der Waals surface area contributed by atoms with Gasteiger partial charge in [-0.05, 0) is 55.0 Å². The smallest absolute Gasteiger partial charge is 0.224 e. The number of rotatable bonds is 2. The third kappa shape index (κ3) is 2.53. The second-order valence-corrected chi connectivity index (χ2v) is 6.11. The number of hydrogen-bond acceptors (Lipinski definition) is 2. The molecule has 0 fully saturated rings. The third-order valence-electron chi connectivity index (χ3n) is 4.56. The summed E-state index contributed by atoms with van der Waals surface area (Å²) in [5.41, 5.74) is 7.09. The van der Waals surface area contributed by atoms with Gasteiger partial charge in [-0.1, -0.05) is 35.9 Å². The van der Waals surface area contributed by atoms with Crippen LogP contribution >= 0.6 is 0 Å². The highest BCUT2D eigenvalue weighted by molar-refractivity contribution is 5.95. The molecule has 22 heavy (non-hydrogen) atoms. The van der Waals surface area contributed by atoms with Crippen LogP contribution in [0, 0.1) is 20.8 Å². The molecule has 1 amide bonds. The molecule has 0 radical (unpaired) electrons. The summed E-state index contributed by atoms with van der Waals surface area (Å²) in [7, 11) is 0. The van der Waals surface area contributed by atoms with Gasteiger partial charge in [-0.2, -0.15) is 0 Å². The Morgan fingerprint density at radius 1 is 1.09 bits per heavy atom. The minimum Gasteiger partial charge on any atom is -0.384 e. The van der Waals surface area contributed by atoms with Crippen molar-refractivity contribution in [3.05, 3.63) is 63.7 Å². The number of aryl methyl sites for hydroxylation is 2. The van der Waals surface area contributed by atoms with E-state index in [1.54, 1.807) is 0 Å². The molecular formula is C19H21NO2. The number of nitrogens with one attached hydrogen (secondary N) is 1. The average molecular weight is 295 g/mol. The SMILES string of the molecule is Cc1cccc(C(O)c2cc3c(c(C)c2C)NC(=O)CC3)c1. The largest absolute Gasteiger partial charge is 0.384 e. The Bertz CT molecular complexity index is 749. The Labute approximate surface area is 131 Å². The fourth-order valence-corrected chi connectivity index (χ4v) is 3.14. The second kappa shape index (κ2) is 5.58. The predicted octanol–water partition coefficient (Wildman–Crippen LogP) is 3.58. The molecule has 0 spiro atoms. The van der Waals surface area contributed by atoms with Crippen molar-refractivity contribution in [2.45, 2.75) is 39.7 Å². The molecule has 2 aromatic rings. The second-order valence-electron chi connectivity index (χ2n) is 6.11. The lowest BCUT2D eigenvalue weighted by Gasteiger charge is -2.24. The third-order valence-corrected chi connectivity index (χ3v) is 4.56. The van der Waals surface area contributed by atoms with Gasteiger partial charge in [0.25, 0.3) is 0 Å². The monoisotopic (exact) mass is 295 g/mol. The Morgan fingerprint density at radius 3 is 2.59 bits per heavy atom. The van der Waals surface area contributed by atoms with E-state index in [-0.39, 0.29) is 5.91 Å². The molecule has 0 aromatic heterocycles. The summed E-state index contributed by atoms with van der Waals surface area (Å²) in [5.74, 6) is 0.0713. The molecule has 3 heteroatoms. The first-order chi connectivity index (χ1) is 10.5. The first-order valence-electron chi connectivity index (χ1n) is 7.65. The fourth-order valence-electron chi connectivity index (χ4n) is 3.14. The van der Waals surface area contributed by atoms with E-state index in [1.165, 1.54) is 0 Å². The van der Waals surface area contributed by atoms with E-state index in [4.69, 9.17) is 0 Å². The molecule has 3 nitrogen and oxygen atoms in total. The van der Waals surface area contributed by atoms with Crippen molar-refractivity contribution in [2.24, 2.45) is 0 Å². The molecular weight excluding hydrogens is 274 g/mol. The summed E-state index contributed by atoms with van der Waals surface area (Å²) in [6.45, 7) is 6.04. The maximum atomic E-state index is 11.6. The van der Waals surface area contributed by atoms with E-state index in [0.29, 0.717) is 6.42 Å². The number of hydrogen-bond donors (Lipinski definition) is 2. The van der Waals surface area contributed by atoms with Crippen molar-refractivity contribution in [3.8, 4) is 0 Å². The van der Waals surface area contributed by atoms with Crippen LogP contribution in [0.25, 0.3) is 0 Å². The zero-order valence-electron chi connectivity index (χ0n) is 13.2. The lowest BCUT2D eigenvalue weighted by Crippen LogP contribution is -2.21. The summed E-state index contributed by atoms with van der Waals surface area (Å²) in [5, 5.41) is 13.8. The van der Waals surface area contributed by atoms with Crippen LogP contribution in [-0.2, 0) is 11.2 Å². The van der Waals surface area contributed by atoms with Crippen LogP contribution in [0.15, 0.2) is 30.3 Å². The maximum Gasteiger partial charge on any atom is 0.224 e. The minimum atomic E-state index is -0.637. The van der Waals surface area contributed by atoms with E-state index in [2.05, 4.69) is 5.32 Å². The molecule has 0 aliphatic carbocycles. The quantitative estimate of drug-likeness (QED) is 0.889. The molecule has 3 rings (SSSR count). The number of aliphatic hydroxyl groups excluding tert-OH is 1. The van der Waals surface area contributed by atoms with Gasteiger partial charge >= 0.3 is 0 Å². The van der Waals surface area contributed by atoms with Crippen LogP contribution in [0.2, 0.25) is 0 Å². The predicted molar refractivity (Wildman–Crippen MR) is 88.1 cm³/mol. The molecule has 0 saturated carbocycles. The fraction of sp³-hybridized carbons (Fsp3) is 0.316. The Morgan fingerprint density at radius 2 is 1.86 bits per heavy atom.